The minimum atomic E-state index is -0.109. The van der Waals surface area contributed by atoms with Crippen molar-refractivity contribution < 1.29 is 9.59 Å². The van der Waals surface area contributed by atoms with Gasteiger partial charge >= 0.3 is 0 Å². The summed E-state index contributed by atoms with van der Waals surface area (Å²) in [6.45, 7) is 5.16. The second-order valence-corrected chi connectivity index (χ2v) is 4.99. The highest BCUT2D eigenvalue weighted by molar-refractivity contribution is 5.94. The smallest absolute Gasteiger partial charge is 0.229 e. The maximum Gasteiger partial charge on any atom is 0.229 e. The first-order chi connectivity index (χ1) is 9.06. The van der Waals surface area contributed by atoms with Crippen LogP contribution in [0.15, 0.2) is 24.3 Å². The van der Waals surface area contributed by atoms with E-state index >= 15 is 0 Å². The van der Waals surface area contributed by atoms with Crippen LogP contribution in [0.4, 0.5) is 11.4 Å². The largest absolute Gasteiger partial charge is 0.326 e. The average Bonchev–Trinajstić information content (AvgIpc) is 2.77. The molecule has 1 saturated heterocycles. The third-order valence-corrected chi connectivity index (χ3v) is 3.33. The van der Waals surface area contributed by atoms with E-state index in [4.69, 9.17) is 0 Å². The molecule has 1 aromatic carbocycles. The number of hydrogen-bond donors (Lipinski definition) is 3. The number of carbonyl (C=O) groups excluding carboxylic acids is 2. The Balaban J connectivity index is 1.95. The summed E-state index contributed by atoms with van der Waals surface area (Å²) in [5.41, 5.74) is 1.47. The summed E-state index contributed by atoms with van der Waals surface area (Å²) in [5.74, 6) is 0.320. The van der Waals surface area contributed by atoms with E-state index in [2.05, 4.69) is 22.9 Å². The lowest BCUT2D eigenvalue weighted by molar-refractivity contribution is -0.120. The average molecular weight is 261 g/mol. The zero-order valence-corrected chi connectivity index (χ0v) is 11.2. The van der Waals surface area contributed by atoms with Crippen LogP contribution in [0.25, 0.3) is 0 Å². The molecular formula is C14H19N3O2. The van der Waals surface area contributed by atoms with Crippen LogP contribution >= 0.6 is 0 Å². The fourth-order valence-corrected chi connectivity index (χ4v) is 2.24. The molecule has 0 spiro atoms. The van der Waals surface area contributed by atoms with Gasteiger partial charge in [0.2, 0.25) is 11.8 Å². The number of anilines is 2. The number of amides is 2. The molecule has 5 nitrogen and oxygen atoms in total. The van der Waals surface area contributed by atoms with Crippen molar-refractivity contribution >= 4 is 23.2 Å². The number of rotatable bonds is 3. The van der Waals surface area contributed by atoms with Crippen LogP contribution < -0.4 is 16.0 Å². The first-order valence-corrected chi connectivity index (χ1v) is 6.45. The van der Waals surface area contributed by atoms with Crippen molar-refractivity contribution in [1.29, 1.82) is 0 Å². The van der Waals surface area contributed by atoms with Crippen LogP contribution in [0.2, 0.25) is 0 Å². The summed E-state index contributed by atoms with van der Waals surface area (Å²) in [6, 6.07) is 7.12. The molecule has 102 valence electrons. The Bertz CT molecular complexity index is 470. The molecular weight excluding hydrogens is 242 g/mol. The Morgan fingerprint density at radius 1 is 1.11 bits per heavy atom. The van der Waals surface area contributed by atoms with Crippen LogP contribution in [-0.2, 0) is 9.59 Å². The number of hydrogen-bond acceptors (Lipinski definition) is 3. The van der Waals surface area contributed by atoms with Crippen molar-refractivity contribution in [2.75, 3.05) is 23.7 Å². The molecule has 0 saturated carbocycles. The summed E-state index contributed by atoms with van der Waals surface area (Å²) in [4.78, 5) is 23.0. The SMILES string of the molecule is CC(=O)Nc1ccc(NC(=O)C2CNCC2C)cc1. The minimum absolute atomic E-state index is 0.0232. The molecule has 1 aliphatic heterocycles. The summed E-state index contributed by atoms with van der Waals surface area (Å²) < 4.78 is 0. The fourth-order valence-electron chi connectivity index (χ4n) is 2.24. The fraction of sp³-hybridized carbons (Fsp3) is 0.429. The Labute approximate surface area is 112 Å². The van der Waals surface area contributed by atoms with Gasteiger partial charge in [-0.15, -0.1) is 0 Å². The van der Waals surface area contributed by atoms with E-state index in [0.29, 0.717) is 5.92 Å². The predicted molar refractivity (Wildman–Crippen MR) is 74.9 cm³/mol. The van der Waals surface area contributed by atoms with Crippen molar-refractivity contribution in [1.82, 2.24) is 5.32 Å². The van der Waals surface area contributed by atoms with E-state index in [1.54, 1.807) is 24.3 Å². The van der Waals surface area contributed by atoms with Gasteiger partial charge in [-0.1, -0.05) is 6.92 Å². The number of benzene rings is 1. The topological polar surface area (TPSA) is 70.2 Å². The third-order valence-electron chi connectivity index (χ3n) is 3.33. The van der Waals surface area contributed by atoms with Crippen LogP contribution in [0.5, 0.6) is 0 Å². The Morgan fingerprint density at radius 3 is 2.16 bits per heavy atom. The highest BCUT2D eigenvalue weighted by Crippen LogP contribution is 2.19. The third kappa shape index (κ3) is 3.54. The van der Waals surface area contributed by atoms with E-state index in [9.17, 15) is 9.59 Å². The van der Waals surface area contributed by atoms with E-state index in [1.807, 2.05) is 0 Å². The van der Waals surface area contributed by atoms with Crippen LogP contribution in [0.3, 0.4) is 0 Å². The Hall–Kier alpha value is -1.88. The van der Waals surface area contributed by atoms with Gasteiger partial charge in [0.1, 0.15) is 0 Å². The van der Waals surface area contributed by atoms with Gasteiger partial charge in [-0.05, 0) is 36.7 Å². The van der Waals surface area contributed by atoms with Crippen molar-refractivity contribution in [3.63, 3.8) is 0 Å². The lowest BCUT2D eigenvalue weighted by Gasteiger charge is -2.14. The number of nitrogens with one attached hydrogen (secondary N) is 3. The van der Waals surface area contributed by atoms with E-state index in [0.717, 1.165) is 24.5 Å². The molecule has 0 aromatic heterocycles. The van der Waals surface area contributed by atoms with Gasteiger partial charge in [-0.2, -0.15) is 0 Å². The maximum atomic E-state index is 12.1. The second-order valence-electron chi connectivity index (χ2n) is 4.99. The molecule has 0 radical (unpaired) electrons. The van der Waals surface area contributed by atoms with Gasteiger partial charge in [-0.25, -0.2) is 0 Å². The van der Waals surface area contributed by atoms with Gasteiger partial charge in [0, 0.05) is 24.8 Å². The Kier molecular flexibility index (Phi) is 4.16. The first kappa shape index (κ1) is 13.5. The van der Waals surface area contributed by atoms with Crippen molar-refractivity contribution in [2.24, 2.45) is 11.8 Å². The van der Waals surface area contributed by atoms with E-state index in [1.165, 1.54) is 6.92 Å². The van der Waals surface area contributed by atoms with Crippen LogP contribution in [0.1, 0.15) is 13.8 Å². The van der Waals surface area contributed by atoms with Gasteiger partial charge in [0.15, 0.2) is 0 Å². The van der Waals surface area contributed by atoms with Gasteiger partial charge in [-0.3, -0.25) is 9.59 Å². The summed E-state index contributed by atoms with van der Waals surface area (Å²) in [5, 5.41) is 8.80. The lowest BCUT2D eigenvalue weighted by atomic mass is 9.97. The second kappa shape index (κ2) is 5.84. The molecule has 3 N–H and O–H groups in total. The summed E-state index contributed by atoms with van der Waals surface area (Å²) in [7, 11) is 0. The summed E-state index contributed by atoms with van der Waals surface area (Å²) in [6.07, 6.45) is 0. The Morgan fingerprint density at radius 2 is 1.68 bits per heavy atom. The van der Waals surface area contributed by atoms with Crippen LogP contribution in [-0.4, -0.2) is 24.9 Å². The molecule has 19 heavy (non-hydrogen) atoms. The standard InChI is InChI=1S/C14H19N3O2/c1-9-7-15-8-13(9)14(19)17-12-5-3-11(4-6-12)16-10(2)18/h3-6,9,13,15H,7-8H2,1-2H3,(H,16,18)(H,17,19). The van der Waals surface area contributed by atoms with Crippen molar-refractivity contribution in [2.45, 2.75) is 13.8 Å². The molecule has 2 unspecified atom stereocenters. The molecule has 0 aliphatic carbocycles. The van der Waals surface area contributed by atoms with Crippen LogP contribution in [0, 0.1) is 11.8 Å². The van der Waals surface area contributed by atoms with Gasteiger partial charge in [0.05, 0.1) is 5.92 Å². The van der Waals surface area contributed by atoms with Crippen molar-refractivity contribution in [3.05, 3.63) is 24.3 Å². The number of carbonyl (C=O) groups is 2. The molecule has 2 rings (SSSR count). The molecule has 1 fully saturated rings. The molecule has 1 aromatic rings. The maximum absolute atomic E-state index is 12.1. The summed E-state index contributed by atoms with van der Waals surface area (Å²) >= 11 is 0. The van der Waals surface area contributed by atoms with E-state index in [-0.39, 0.29) is 17.7 Å². The predicted octanol–water partition coefficient (Wildman–Crippen LogP) is 1.44. The molecule has 2 amide bonds. The zero-order chi connectivity index (χ0) is 13.8. The van der Waals surface area contributed by atoms with Gasteiger partial charge < -0.3 is 16.0 Å². The molecule has 0 bridgehead atoms. The molecule has 5 heteroatoms. The molecule has 1 aliphatic rings. The minimum Gasteiger partial charge on any atom is -0.326 e. The van der Waals surface area contributed by atoms with E-state index < -0.39 is 0 Å². The molecule has 2 atom stereocenters. The quantitative estimate of drug-likeness (QED) is 0.771. The monoisotopic (exact) mass is 261 g/mol. The molecule has 1 heterocycles. The van der Waals surface area contributed by atoms with Crippen molar-refractivity contribution in [3.8, 4) is 0 Å². The highest BCUT2D eigenvalue weighted by Gasteiger charge is 2.29. The lowest BCUT2D eigenvalue weighted by Crippen LogP contribution is -2.27. The van der Waals surface area contributed by atoms with Gasteiger partial charge in [0.25, 0.3) is 0 Å². The zero-order valence-electron chi connectivity index (χ0n) is 11.2. The highest BCUT2D eigenvalue weighted by atomic mass is 16.2. The first-order valence-electron chi connectivity index (χ1n) is 6.45. The normalized spacial score (nSPS) is 22.0.